The van der Waals surface area contributed by atoms with E-state index in [1.165, 1.54) is 6.07 Å². The fourth-order valence-corrected chi connectivity index (χ4v) is 9.48. The molecule has 8 bridgehead atoms. The van der Waals surface area contributed by atoms with Crippen LogP contribution in [0.4, 0.5) is 22.7 Å². The number of halogens is 12. The summed E-state index contributed by atoms with van der Waals surface area (Å²) in [6, 6.07) is 1.53. The van der Waals surface area contributed by atoms with Crippen LogP contribution in [0.3, 0.4) is 0 Å². The van der Waals surface area contributed by atoms with Gasteiger partial charge in [-0.15, -0.1) is 0 Å². The molecule has 0 saturated carbocycles. The second-order valence-corrected chi connectivity index (χ2v) is 16.5. The molecule has 0 atom stereocenters. The molecule has 282 valence electrons. The Morgan fingerprint density at radius 3 is 1.41 bits per heavy atom. The lowest BCUT2D eigenvalue weighted by molar-refractivity contribution is 1.17. The lowest BCUT2D eigenvalue weighted by Gasteiger charge is -2.09. The number of nitrogens with two attached hydrogens (primary N) is 4. The Hall–Kier alpha value is -3.08. The van der Waals surface area contributed by atoms with Gasteiger partial charge in [0, 0.05) is 17.3 Å². The predicted octanol–water partition coefficient (Wildman–Crippen LogP) is 12.9. The number of rotatable bonds is 0. The Kier molecular flexibility index (Phi) is 9.07. The highest BCUT2D eigenvalue weighted by Crippen LogP contribution is 2.53. The van der Waals surface area contributed by atoms with Crippen LogP contribution in [-0.2, 0) is 0 Å². The van der Waals surface area contributed by atoms with Crippen LogP contribution >= 0.6 is 139 Å². The first-order valence-corrected chi connectivity index (χ1v) is 19.6. The first-order valence-electron chi connectivity index (χ1n) is 15.1. The number of anilines is 4. The smallest absolute Gasteiger partial charge is 0.166 e. The summed E-state index contributed by atoms with van der Waals surface area (Å²) < 4.78 is 1.04. The van der Waals surface area contributed by atoms with E-state index in [1.807, 2.05) is 0 Å². The molecule has 2 aliphatic heterocycles. The molecule has 0 spiro atoms. The van der Waals surface area contributed by atoms with Crippen molar-refractivity contribution in [3.8, 4) is 45.6 Å². The first kappa shape index (κ1) is 38.4. The van der Waals surface area contributed by atoms with Gasteiger partial charge in [0.25, 0.3) is 0 Å². The van der Waals surface area contributed by atoms with Gasteiger partial charge in [0.15, 0.2) is 34.6 Å². The quantitative estimate of drug-likeness (QED) is 0.0553. The molecule has 7 aromatic rings. The van der Waals surface area contributed by atoms with Gasteiger partial charge in [-0.25, -0.2) is 34.0 Å². The molecule has 0 radical (unpaired) electrons. The summed E-state index contributed by atoms with van der Waals surface area (Å²) in [5.74, 6) is -0.192. The number of nitrogens with zero attached hydrogens (tertiary/aromatic N) is 7. The van der Waals surface area contributed by atoms with Gasteiger partial charge in [-0.3, -0.25) is 0 Å². The standard InChI is InChI=1S/C32H10Cl12N12/c33-11-5-6(12(34)17(39)16(11)38)28-51-27(5)50-25-2-1-3(45)22(46)24(48)4(2)26(49-25)54-32-10-9(15(37)20(42)21(43)23(10)47)31(56(32)44)55-30-8-7(29(52-28)53-30)13(35)18(40)19(41)14(8)36/h1H,45-48H2,(H,49,50,51,52,53,54,55). The number of aromatic amines is 1. The van der Waals surface area contributed by atoms with Crippen molar-refractivity contribution in [2.75, 3.05) is 22.9 Å². The summed E-state index contributed by atoms with van der Waals surface area (Å²) in [7, 11) is 0. The molecular formula is C32H10Cl12N12. The normalized spacial score (nSPS) is 12.2. The van der Waals surface area contributed by atoms with Crippen LogP contribution in [0.5, 0.6) is 0 Å². The fraction of sp³-hybridized carbons (Fsp3) is 0. The Balaban J connectivity index is 1.62. The zero-order valence-corrected chi connectivity index (χ0v) is 35.6. The summed E-state index contributed by atoms with van der Waals surface area (Å²) >= 11 is 80.8. The van der Waals surface area contributed by atoms with Gasteiger partial charge in [-0.05, 0) is 6.07 Å². The minimum atomic E-state index is -0.109. The Morgan fingerprint density at radius 2 is 0.839 bits per heavy atom. The highest BCUT2D eigenvalue weighted by molar-refractivity contribution is 6.57. The summed E-state index contributed by atoms with van der Waals surface area (Å²) in [6.07, 6.45) is 0. The average Bonchev–Trinajstić information content (AvgIpc) is 3.89. The minimum absolute atomic E-state index is 0.0251. The summed E-state index contributed by atoms with van der Waals surface area (Å²) in [4.78, 5) is 31.9. The number of hydrogen-bond donors (Lipinski definition) is 5. The molecule has 0 amide bonds. The zero-order chi connectivity index (χ0) is 40.1. The average molecular weight is 988 g/mol. The lowest BCUT2D eigenvalue weighted by atomic mass is 10.0. The maximum absolute atomic E-state index is 7.10. The van der Waals surface area contributed by atoms with Crippen LogP contribution in [-0.4, -0.2) is 39.0 Å². The van der Waals surface area contributed by atoms with Crippen molar-refractivity contribution in [2.24, 2.45) is 0 Å². The topological polar surface area (TPSA) is 202 Å². The zero-order valence-electron chi connectivity index (χ0n) is 26.6. The molecule has 0 saturated heterocycles. The van der Waals surface area contributed by atoms with Gasteiger partial charge in [0.2, 0.25) is 0 Å². The van der Waals surface area contributed by atoms with Crippen LogP contribution in [0.1, 0.15) is 0 Å². The van der Waals surface area contributed by atoms with Crippen molar-refractivity contribution < 1.29 is 0 Å². The first-order chi connectivity index (χ1) is 26.4. The highest BCUT2D eigenvalue weighted by atomic mass is 35.5. The highest BCUT2D eigenvalue weighted by Gasteiger charge is 2.33. The lowest BCUT2D eigenvalue weighted by Crippen LogP contribution is -2.02. The number of aromatic nitrogens is 8. The second-order valence-electron chi connectivity index (χ2n) is 12.0. The summed E-state index contributed by atoms with van der Waals surface area (Å²) in [6.45, 7) is 0. The third kappa shape index (κ3) is 5.15. The van der Waals surface area contributed by atoms with Crippen LogP contribution in [0.25, 0.3) is 89.7 Å². The van der Waals surface area contributed by atoms with Gasteiger partial charge in [-0.2, -0.15) is 0 Å². The van der Waals surface area contributed by atoms with E-state index in [-0.39, 0.29) is 162 Å². The van der Waals surface area contributed by atoms with Crippen LogP contribution in [0.2, 0.25) is 55.2 Å². The third-order valence-corrected chi connectivity index (χ3v) is 14.3. The van der Waals surface area contributed by atoms with E-state index in [0.29, 0.717) is 5.56 Å². The van der Waals surface area contributed by atoms with E-state index >= 15 is 0 Å². The van der Waals surface area contributed by atoms with Crippen molar-refractivity contribution in [3.05, 3.63) is 61.3 Å². The Bertz CT molecular complexity index is 3240. The summed E-state index contributed by atoms with van der Waals surface area (Å²) in [5, 5.41) is -0.191. The van der Waals surface area contributed by atoms with Crippen molar-refractivity contribution in [3.63, 3.8) is 0 Å². The van der Waals surface area contributed by atoms with E-state index in [1.54, 1.807) is 0 Å². The van der Waals surface area contributed by atoms with Gasteiger partial charge in [0.1, 0.15) is 11.3 Å². The van der Waals surface area contributed by atoms with E-state index in [0.717, 1.165) is 4.09 Å². The number of benzene rings is 4. The predicted molar refractivity (Wildman–Crippen MR) is 234 cm³/mol. The Labute approximate surface area is 371 Å². The van der Waals surface area contributed by atoms with Crippen LogP contribution in [0, 0.1) is 0 Å². The Morgan fingerprint density at radius 1 is 0.411 bits per heavy atom. The molecule has 5 heterocycles. The van der Waals surface area contributed by atoms with Crippen molar-refractivity contribution in [1.82, 2.24) is 39.0 Å². The van der Waals surface area contributed by atoms with E-state index in [4.69, 9.17) is 192 Å². The molecule has 4 aromatic carbocycles. The maximum atomic E-state index is 7.10. The molecule has 12 nitrogen and oxygen atoms in total. The molecule has 9 rings (SSSR count). The van der Waals surface area contributed by atoms with Gasteiger partial charge in [0.05, 0.1) is 116 Å². The minimum Gasteiger partial charge on any atom is -0.397 e. The van der Waals surface area contributed by atoms with Gasteiger partial charge in [-0.1, -0.05) is 128 Å². The molecule has 2 aliphatic rings. The SMILES string of the molecule is Nc1cc2c(c(N)c1N)-c1nc-2nc2[nH]c(nc3nc(nc4c5c(Cl)c(Cl)c(Cl)c(N)c5c(n1)n4Cl)-c1c(Cl)c(Cl)c(Cl)c(Cl)c1-3)c1c(Cl)c(Cl)c(Cl)c(Cl)c21. The van der Waals surface area contributed by atoms with E-state index < -0.39 is 0 Å². The number of hydrogen-bond acceptors (Lipinski definition) is 10. The van der Waals surface area contributed by atoms with Crippen LogP contribution in [0.15, 0.2) is 6.07 Å². The van der Waals surface area contributed by atoms with E-state index in [9.17, 15) is 0 Å². The molecular weight excluding hydrogens is 978 g/mol. The molecule has 0 fully saturated rings. The molecule has 56 heavy (non-hydrogen) atoms. The number of nitrogen functional groups attached to an aromatic ring is 4. The molecule has 0 aliphatic carbocycles. The number of H-pyrrole nitrogens is 1. The van der Waals surface area contributed by atoms with Crippen LogP contribution < -0.4 is 22.9 Å². The largest absolute Gasteiger partial charge is 0.397 e. The summed E-state index contributed by atoms with van der Waals surface area (Å²) in [5.41, 5.74) is 26.7. The van der Waals surface area contributed by atoms with Crippen molar-refractivity contribution >= 4 is 206 Å². The van der Waals surface area contributed by atoms with E-state index in [2.05, 4.69) is 4.98 Å². The third-order valence-electron chi connectivity index (χ3n) is 9.06. The number of fused-ring (bicyclic) bond motifs is 20. The monoisotopic (exact) mass is 982 g/mol. The molecule has 24 heteroatoms. The molecule has 3 aromatic heterocycles. The fourth-order valence-electron chi connectivity index (χ4n) is 6.48. The second kappa shape index (κ2) is 13.2. The maximum Gasteiger partial charge on any atom is 0.166 e. The number of nitrogens with one attached hydrogen (secondary N) is 1. The van der Waals surface area contributed by atoms with Crippen molar-refractivity contribution in [2.45, 2.75) is 0 Å². The molecule has 0 unspecified atom stereocenters. The van der Waals surface area contributed by atoms with Gasteiger partial charge < -0.3 is 27.9 Å². The van der Waals surface area contributed by atoms with Crippen molar-refractivity contribution in [1.29, 1.82) is 0 Å². The molecule has 9 N–H and O–H groups in total. The van der Waals surface area contributed by atoms with Gasteiger partial charge >= 0.3 is 0 Å².